The molecule has 0 aliphatic carbocycles. The van der Waals surface area contributed by atoms with Gasteiger partial charge in [0.25, 0.3) is 0 Å². The number of amides is 1. The Kier molecular flexibility index (Phi) is 6.39. The first kappa shape index (κ1) is 17.7. The molecule has 0 heterocycles. The predicted octanol–water partition coefficient (Wildman–Crippen LogP) is 5.03. The highest BCUT2D eigenvalue weighted by Crippen LogP contribution is 2.32. The number of carbonyl (C=O) groups is 1. The van der Waals surface area contributed by atoms with E-state index in [-0.39, 0.29) is 12.3 Å². The molecule has 2 rings (SSSR count). The number of hydrogen-bond acceptors (Lipinski definition) is 3. The van der Waals surface area contributed by atoms with Crippen molar-refractivity contribution in [2.75, 3.05) is 17.7 Å². The van der Waals surface area contributed by atoms with Crippen molar-refractivity contribution in [2.24, 2.45) is 0 Å². The Morgan fingerprint density at radius 1 is 1.09 bits per heavy atom. The average Bonchev–Trinajstić information content (AvgIpc) is 2.51. The van der Waals surface area contributed by atoms with Crippen LogP contribution in [0.5, 0.6) is 5.75 Å². The molecule has 3 N–H and O–H groups in total. The molecule has 0 unspecified atom stereocenters. The summed E-state index contributed by atoms with van der Waals surface area (Å²) in [6, 6.07) is 10.2. The van der Waals surface area contributed by atoms with Gasteiger partial charge in [0.1, 0.15) is 5.75 Å². The van der Waals surface area contributed by atoms with Gasteiger partial charge in [-0.2, -0.15) is 0 Å². The molecule has 0 saturated heterocycles. The number of hydrogen-bond donors (Lipinski definition) is 2. The van der Waals surface area contributed by atoms with E-state index in [2.05, 4.69) is 5.32 Å². The number of benzene rings is 2. The van der Waals surface area contributed by atoms with E-state index in [0.717, 1.165) is 0 Å². The van der Waals surface area contributed by atoms with Crippen molar-refractivity contribution in [2.45, 2.75) is 12.8 Å². The molecular weight excluding hydrogens is 359 g/mol. The average molecular weight is 374 g/mol. The number of nitrogens with one attached hydrogen (secondary N) is 1. The van der Waals surface area contributed by atoms with Crippen LogP contribution in [0.3, 0.4) is 0 Å². The van der Waals surface area contributed by atoms with Crippen LogP contribution in [0.25, 0.3) is 0 Å². The van der Waals surface area contributed by atoms with Gasteiger partial charge in [-0.1, -0.05) is 46.9 Å². The van der Waals surface area contributed by atoms with E-state index in [1.54, 1.807) is 12.1 Å². The first-order chi connectivity index (χ1) is 11.0. The molecule has 1 amide bonds. The number of carbonyl (C=O) groups excluding carboxylic acids is 1. The lowest BCUT2D eigenvalue weighted by Gasteiger charge is -2.10. The van der Waals surface area contributed by atoms with Gasteiger partial charge >= 0.3 is 0 Å². The van der Waals surface area contributed by atoms with E-state index < -0.39 is 0 Å². The third-order valence-corrected chi connectivity index (χ3v) is 4.04. The number of nitrogen functional groups attached to an aromatic ring is 1. The van der Waals surface area contributed by atoms with Crippen LogP contribution in [0.2, 0.25) is 15.1 Å². The van der Waals surface area contributed by atoms with Crippen LogP contribution in [0.15, 0.2) is 36.4 Å². The standard InChI is InChI=1S/C16H15Cl3N2O2/c17-10-8-12(19)14(9-11(10)18)21-16(22)6-3-7-23-15-5-2-1-4-13(15)20/h1-2,4-5,8-9H,3,6-7,20H2,(H,21,22). The fraction of sp³-hybridized carbons (Fsp3) is 0.188. The Bertz CT molecular complexity index is 708. The van der Waals surface area contributed by atoms with Gasteiger partial charge in [0.15, 0.2) is 0 Å². The second kappa shape index (κ2) is 8.29. The van der Waals surface area contributed by atoms with Crippen molar-refractivity contribution in [3.05, 3.63) is 51.5 Å². The maximum Gasteiger partial charge on any atom is 0.224 e. The molecule has 0 spiro atoms. The fourth-order valence-corrected chi connectivity index (χ4v) is 2.45. The summed E-state index contributed by atoms with van der Waals surface area (Å²) in [5.74, 6) is 0.426. The maximum absolute atomic E-state index is 11.9. The van der Waals surface area contributed by atoms with Gasteiger partial charge in [0.05, 0.1) is 33.0 Å². The number of para-hydroxylation sites is 2. The highest BCUT2D eigenvalue weighted by atomic mass is 35.5. The van der Waals surface area contributed by atoms with Crippen LogP contribution in [0.1, 0.15) is 12.8 Å². The second-order valence-electron chi connectivity index (χ2n) is 4.78. The van der Waals surface area contributed by atoms with Crippen molar-refractivity contribution in [1.82, 2.24) is 0 Å². The highest BCUT2D eigenvalue weighted by Gasteiger charge is 2.09. The Hall–Kier alpha value is -1.62. The minimum absolute atomic E-state index is 0.185. The van der Waals surface area contributed by atoms with Gasteiger partial charge in [-0.05, 0) is 30.7 Å². The number of anilines is 2. The first-order valence-corrected chi connectivity index (χ1v) is 8.02. The van der Waals surface area contributed by atoms with Crippen molar-refractivity contribution in [3.8, 4) is 5.75 Å². The van der Waals surface area contributed by atoms with E-state index in [9.17, 15) is 4.79 Å². The van der Waals surface area contributed by atoms with Crippen molar-refractivity contribution >= 4 is 52.1 Å². The molecule has 0 aromatic heterocycles. The number of ether oxygens (including phenoxy) is 1. The highest BCUT2D eigenvalue weighted by molar-refractivity contribution is 6.44. The van der Waals surface area contributed by atoms with Crippen LogP contribution in [-0.4, -0.2) is 12.5 Å². The number of rotatable bonds is 6. The normalized spacial score (nSPS) is 10.4. The van der Waals surface area contributed by atoms with Crippen molar-refractivity contribution in [1.29, 1.82) is 0 Å². The second-order valence-corrected chi connectivity index (χ2v) is 6.01. The van der Waals surface area contributed by atoms with E-state index in [1.807, 2.05) is 12.1 Å². The molecule has 0 aliphatic heterocycles. The lowest BCUT2D eigenvalue weighted by molar-refractivity contribution is -0.116. The summed E-state index contributed by atoms with van der Waals surface area (Å²) >= 11 is 17.8. The predicted molar refractivity (Wildman–Crippen MR) is 95.7 cm³/mol. The summed E-state index contributed by atoms with van der Waals surface area (Å²) in [5, 5.41) is 3.69. The van der Waals surface area contributed by atoms with Gasteiger partial charge in [0.2, 0.25) is 5.91 Å². The Balaban J connectivity index is 1.80. The molecule has 2 aromatic carbocycles. The topological polar surface area (TPSA) is 64.3 Å². The van der Waals surface area contributed by atoms with Gasteiger partial charge < -0.3 is 15.8 Å². The Labute approximate surface area is 149 Å². The molecule has 0 saturated carbocycles. The summed E-state index contributed by atoms with van der Waals surface area (Å²) < 4.78 is 5.53. The summed E-state index contributed by atoms with van der Waals surface area (Å²) in [6.07, 6.45) is 0.822. The molecule has 2 aromatic rings. The summed E-state index contributed by atoms with van der Waals surface area (Å²) in [4.78, 5) is 11.9. The Morgan fingerprint density at radius 2 is 1.78 bits per heavy atom. The summed E-state index contributed by atoms with van der Waals surface area (Å²) in [6.45, 7) is 0.386. The molecule has 23 heavy (non-hydrogen) atoms. The fourth-order valence-electron chi connectivity index (χ4n) is 1.86. The monoisotopic (exact) mass is 372 g/mol. The minimum Gasteiger partial charge on any atom is -0.491 e. The lowest BCUT2D eigenvalue weighted by Crippen LogP contribution is -2.13. The molecular formula is C16H15Cl3N2O2. The molecule has 0 aliphatic rings. The minimum atomic E-state index is -0.185. The smallest absolute Gasteiger partial charge is 0.224 e. The molecule has 122 valence electrons. The molecule has 0 bridgehead atoms. The third-order valence-electron chi connectivity index (χ3n) is 3.01. The summed E-state index contributed by atoms with van der Waals surface area (Å²) in [7, 11) is 0. The largest absolute Gasteiger partial charge is 0.491 e. The Morgan fingerprint density at radius 3 is 2.52 bits per heavy atom. The van der Waals surface area contributed by atoms with Crippen molar-refractivity contribution in [3.63, 3.8) is 0 Å². The van der Waals surface area contributed by atoms with Gasteiger partial charge in [0, 0.05) is 6.42 Å². The van der Waals surface area contributed by atoms with Gasteiger partial charge in [-0.3, -0.25) is 4.79 Å². The molecule has 0 fully saturated rings. The number of nitrogens with two attached hydrogens (primary N) is 1. The van der Waals surface area contributed by atoms with Crippen LogP contribution in [0.4, 0.5) is 11.4 Å². The zero-order valence-electron chi connectivity index (χ0n) is 12.1. The molecule has 7 heteroatoms. The molecule has 0 atom stereocenters. The van der Waals surface area contributed by atoms with Gasteiger partial charge in [-0.25, -0.2) is 0 Å². The zero-order valence-corrected chi connectivity index (χ0v) is 14.4. The quantitative estimate of drug-likeness (QED) is 0.424. The van der Waals surface area contributed by atoms with Gasteiger partial charge in [-0.15, -0.1) is 0 Å². The first-order valence-electron chi connectivity index (χ1n) is 6.89. The third kappa shape index (κ3) is 5.20. The summed E-state index contributed by atoms with van der Waals surface area (Å²) in [5.41, 5.74) is 6.76. The van der Waals surface area contributed by atoms with E-state index in [4.69, 9.17) is 45.3 Å². The zero-order chi connectivity index (χ0) is 16.8. The van der Waals surface area contributed by atoms with Crippen LogP contribution in [0, 0.1) is 0 Å². The molecule has 4 nitrogen and oxygen atoms in total. The lowest BCUT2D eigenvalue weighted by atomic mass is 10.2. The maximum atomic E-state index is 11.9. The number of halogens is 3. The van der Waals surface area contributed by atoms with Crippen LogP contribution in [-0.2, 0) is 4.79 Å². The van der Waals surface area contributed by atoms with Crippen LogP contribution < -0.4 is 15.8 Å². The SMILES string of the molecule is Nc1ccccc1OCCCC(=O)Nc1cc(Cl)c(Cl)cc1Cl. The van der Waals surface area contributed by atoms with E-state index in [1.165, 1.54) is 12.1 Å². The van der Waals surface area contributed by atoms with E-state index >= 15 is 0 Å². The van der Waals surface area contributed by atoms with E-state index in [0.29, 0.717) is 45.2 Å². The van der Waals surface area contributed by atoms with Crippen LogP contribution >= 0.6 is 34.8 Å². The molecule has 0 radical (unpaired) electrons. The van der Waals surface area contributed by atoms with Crippen molar-refractivity contribution < 1.29 is 9.53 Å².